The summed E-state index contributed by atoms with van der Waals surface area (Å²) >= 11 is 0. The van der Waals surface area contributed by atoms with Crippen molar-refractivity contribution in [2.24, 2.45) is 0 Å². The quantitative estimate of drug-likeness (QED) is 0.701. The van der Waals surface area contributed by atoms with Gasteiger partial charge in [-0.2, -0.15) is 0 Å². The van der Waals surface area contributed by atoms with E-state index in [2.05, 4.69) is 15.3 Å². The highest BCUT2D eigenvalue weighted by molar-refractivity contribution is 5.24. The fourth-order valence-corrected chi connectivity index (χ4v) is 1.76. The minimum atomic E-state index is 0.617. The van der Waals surface area contributed by atoms with E-state index in [1.54, 1.807) is 7.11 Å². The molecule has 102 valence electrons. The van der Waals surface area contributed by atoms with Crippen molar-refractivity contribution in [3.8, 4) is 0 Å². The van der Waals surface area contributed by atoms with Gasteiger partial charge in [-0.05, 0) is 20.9 Å². The number of nitrogens with one attached hydrogen (secondary N) is 1. The Morgan fingerprint density at radius 1 is 1.06 bits per heavy atom. The maximum Gasteiger partial charge on any atom is 0.131 e. The van der Waals surface area contributed by atoms with Gasteiger partial charge in [0.05, 0.1) is 19.8 Å². The van der Waals surface area contributed by atoms with Crippen LogP contribution in [0, 0.1) is 13.8 Å². The predicted octanol–water partition coefficient (Wildman–Crippen LogP) is 1.02. The molecule has 0 fully saturated rings. The number of rotatable bonds is 8. The molecule has 0 atom stereocenters. The average Bonchev–Trinajstić information content (AvgIpc) is 2.33. The summed E-state index contributed by atoms with van der Waals surface area (Å²) in [6.45, 7) is 6.73. The Labute approximate surface area is 109 Å². The van der Waals surface area contributed by atoms with Crippen LogP contribution in [0.1, 0.15) is 22.8 Å². The van der Waals surface area contributed by atoms with Crippen LogP contribution in [0.25, 0.3) is 0 Å². The van der Waals surface area contributed by atoms with Gasteiger partial charge in [0.15, 0.2) is 0 Å². The molecule has 1 aromatic heterocycles. The first-order valence-electron chi connectivity index (χ1n) is 6.23. The molecule has 0 unspecified atom stereocenters. The molecule has 0 aromatic carbocycles. The molecule has 0 bridgehead atoms. The molecule has 5 heteroatoms. The van der Waals surface area contributed by atoms with Crippen LogP contribution >= 0.6 is 0 Å². The maximum absolute atomic E-state index is 5.42. The summed E-state index contributed by atoms with van der Waals surface area (Å²) in [5.74, 6) is 0.849. The van der Waals surface area contributed by atoms with Gasteiger partial charge in [-0.15, -0.1) is 0 Å². The van der Waals surface area contributed by atoms with Crippen molar-refractivity contribution in [3.05, 3.63) is 22.8 Å². The molecule has 0 aliphatic carbocycles. The Kier molecular flexibility index (Phi) is 6.78. The first kappa shape index (κ1) is 15.0. The Morgan fingerprint density at radius 2 is 1.72 bits per heavy atom. The molecule has 5 nitrogen and oxygen atoms in total. The van der Waals surface area contributed by atoms with Gasteiger partial charge in [-0.1, -0.05) is 0 Å². The standard InChI is InChI=1S/C13H23N3O2/c1-10-12(9-14-3)11(2)16-13(15-10)5-6-18-8-7-17-4/h14H,5-9H2,1-4H3. The fourth-order valence-electron chi connectivity index (χ4n) is 1.76. The molecule has 0 amide bonds. The largest absolute Gasteiger partial charge is 0.382 e. The highest BCUT2D eigenvalue weighted by atomic mass is 16.5. The second kappa shape index (κ2) is 8.13. The van der Waals surface area contributed by atoms with Gasteiger partial charge in [0, 0.05) is 37.0 Å². The van der Waals surface area contributed by atoms with Crippen LogP contribution in [-0.4, -0.2) is 43.9 Å². The summed E-state index contributed by atoms with van der Waals surface area (Å²) in [5, 5.41) is 3.13. The van der Waals surface area contributed by atoms with Crippen LogP contribution in [0.4, 0.5) is 0 Å². The van der Waals surface area contributed by atoms with Gasteiger partial charge in [-0.25, -0.2) is 9.97 Å². The van der Waals surface area contributed by atoms with Gasteiger partial charge in [0.1, 0.15) is 5.82 Å². The van der Waals surface area contributed by atoms with Gasteiger partial charge in [0.2, 0.25) is 0 Å². The van der Waals surface area contributed by atoms with E-state index in [1.807, 2.05) is 20.9 Å². The molecule has 1 aromatic rings. The van der Waals surface area contributed by atoms with E-state index < -0.39 is 0 Å². The van der Waals surface area contributed by atoms with E-state index in [0.29, 0.717) is 19.8 Å². The van der Waals surface area contributed by atoms with E-state index in [-0.39, 0.29) is 0 Å². The van der Waals surface area contributed by atoms with Crippen LogP contribution in [0.2, 0.25) is 0 Å². The van der Waals surface area contributed by atoms with Crippen molar-refractivity contribution >= 4 is 0 Å². The summed E-state index contributed by atoms with van der Waals surface area (Å²) in [7, 11) is 3.59. The lowest BCUT2D eigenvalue weighted by atomic mass is 10.1. The number of aromatic nitrogens is 2. The normalized spacial score (nSPS) is 10.9. The lowest BCUT2D eigenvalue weighted by molar-refractivity contribution is 0.0716. The molecule has 0 saturated heterocycles. The van der Waals surface area contributed by atoms with Crippen molar-refractivity contribution in [3.63, 3.8) is 0 Å². The maximum atomic E-state index is 5.42. The lowest BCUT2D eigenvalue weighted by Gasteiger charge is -2.10. The molecule has 0 radical (unpaired) electrons. The molecule has 0 spiro atoms. The Hall–Kier alpha value is -1.04. The third-order valence-corrected chi connectivity index (χ3v) is 2.72. The molecule has 1 rings (SSSR count). The monoisotopic (exact) mass is 253 g/mol. The molecule has 0 aliphatic rings. The SMILES string of the molecule is CNCc1c(C)nc(CCOCCOC)nc1C. The summed E-state index contributed by atoms with van der Waals surface area (Å²) in [4.78, 5) is 9.02. The van der Waals surface area contributed by atoms with E-state index in [4.69, 9.17) is 9.47 Å². The van der Waals surface area contributed by atoms with Crippen LogP contribution in [0.15, 0.2) is 0 Å². The van der Waals surface area contributed by atoms with E-state index in [9.17, 15) is 0 Å². The number of hydrogen-bond acceptors (Lipinski definition) is 5. The molecular formula is C13H23N3O2. The molecule has 1 heterocycles. The topological polar surface area (TPSA) is 56.3 Å². The predicted molar refractivity (Wildman–Crippen MR) is 70.7 cm³/mol. The van der Waals surface area contributed by atoms with Crippen molar-refractivity contribution in [1.82, 2.24) is 15.3 Å². The van der Waals surface area contributed by atoms with Crippen LogP contribution in [0.3, 0.4) is 0 Å². The zero-order chi connectivity index (χ0) is 13.4. The lowest BCUT2D eigenvalue weighted by Crippen LogP contribution is -2.14. The molecule has 0 aliphatic heterocycles. The van der Waals surface area contributed by atoms with Gasteiger partial charge < -0.3 is 14.8 Å². The molecule has 0 saturated carbocycles. The summed E-state index contributed by atoms with van der Waals surface area (Å²) in [6, 6.07) is 0. The number of ether oxygens (including phenoxy) is 2. The Bertz CT molecular complexity index is 346. The third kappa shape index (κ3) is 4.68. The second-order valence-electron chi connectivity index (χ2n) is 4.17. The highest BCUT2D eigenvalue weighted by Crippen LogP contribution is 2.10. The second-order valence-corrected chi connectivity index (χ2v) is 4.17. The summed E-state index contributed by atoms with van der Waals surface area (Å²) in [6.07, 6.45) is 0.741. The van der Waals surface area contributed by atoms with Crippen LogP contribution in [0.5, 0.6) is 0 Å². The van der Waals surface area contributed by atoms with Crippen molar-refractivity contribution < 1.29 is 9.47 Å². The smallest absolute Gasteiger partial charge is 0.131 e. The third-order valence-electron chi connectivity index (χ3n) is 2.72. The van der Waals surface area contributed by atoms with Crippen molar-refractivity contribution in [1.29, 1.82) is 0 Å². The Morgan fingerprint density at radius 3 is 2.28 bits per heavy atom. The first-order chi connectivity index (χ1) is 8.69. The van der Waals surface area contributed by atoms with Gasteiger partial charge in [0.25, 0.3) is 0 Å². The minimum Gasteiger partial charge on any atom is -0.382 e. The van der Waals surface area contributed by atoms with E-state index in [0.717, 1.165) is 30.2 Å². The minimum absolute atomic E-state index is 0.617. The van der Waals surface area contributed by atoms with E-state index in [1.165, 1.54) is 5.56 Å². The molecule has 18 heavy (non-hydrogen) atoms. The van der Waals surface area contributed by atoms with Gasteiger partial charge >= 0.3 is 0 Å². The Balaban J connectivity index is 2.52. The summed E-state index contributed by atoms with van der Waals surface area (Å²) < 4.78 is 10.3. The number of hydrogen-bond donors (Lipinski definition) is 1. The van der Waals surface area contributed by atoms with Crippen molar-refractivity contribution in [2.45, 2.75) is 26.8 Å². The van der Waals surface area contributed by atoms with Gasteiger partial charge in [-0.3, -0.25) is 0 Å². The number of nitrogens with zero attached hydrogens (tertiary/aromatic N) is 2. The number of methoxy groups -OCH3 is 1. The average molecular weight is 253 g/mol. The zero-order valence-electron chi connectivity index (χ0n) is 11.7. The molecule has 1 N–H and O–H groups in total. The van der Waals surface area contributed by atoms with Crippen molar-refractivity contribution in [2.75, 3.05) is 34.0 Å². The summed E-state index contributed by atoms with van der Waals surface area (Å²) in [5.41, 5.74) is 3.27. The number of aryl methyl sites for hydroxylation is 2. The van der Waals surface area contributed by atoms with Crippen LogP contribution in [-0.2, 0) is 22.4 Å². The fraction of sp³-hybridized carbons (Fsp3) is 0.692. The zero-order valence-corrected chi connectivity index (χ0v) is 11.7. The highest BCUT2D eigenvalue weighted by Gasteiger charge is 2.07. The molecular weight excluding hydrogens is 230 g/mol. The first-order valence-corrected chi connectivity index (χ1v) is 6.23. The van der Waals surface area contributed by atoms with E-state index >= 15 is 0 Å². The van der Waals surface area contributed by atoms with Crippen LogP contribution < -0.4 is 5.32 Å².